The Balaban J connectivity index is 1.74. The number of anilines is 2. The Kier molecular flexibility index (Phi) is 5.60. The number of fused-ring (bicyclic) bond motifs is 1. The second kappa shape index (κ2) is 8.20. The fourth-order valence-electron chi connectivity index (χ4n) is 3.16. The summed E-state index contributed by atoms with van der Waals surface area (Å²) in [7, 11) is 3.72. The van der Waals surface area contributed by atoms with E-state index in [0.717, 1.165) is 11.1 Å². The molecule has 0 saturated heterocycles. The lowest BCUT2D eigenvalue weighted by molar-refractivity contribution is 0.227. The van der Waals surface area contributed by atoms with Crippen molar-refractivity contribution in [1.82, 2.24) is 15.0 Å². The standard InChI is InChI=1S/C21H18Cl2FN5O2/c1-10(16-14(22)4-5-15(24)17(16)23)31-19-18-12(8-26-20(19)25)13(9-30-18)11-6-27-21(28-7-11)29(2)3/h4-10H,1-3H3,(H2,25,26). The Morgan fingerprint density at radius 3 is 2.52 bits per heavy atom. The van der Waals surface area contributed by atoms with E-state index < -0.39 is 11.9 Å². The summed E-state index contributed by atoms with van der Waals surface area (Å²) >= 11 is 12.3. The van der Waals surface area contributed by atoms with E-state index >= 15 is 0 Å². The number of pyridine rings is 1. The topological polar surface area (TPSA) is 90.3 Å². The SMILES string of the molecule is CC(Oc1c(N)ncc2c(-c3cnc(N(C)C)nc3)coc12)c1c(Cl)ccc(F)c1Cl. The van der Waals surface area contributed by atoms with Crippen molar-refractivity contribution in [3.63, 3.8) is 0 Å². The zero-order valence-corrected chi connectivity index (χ0v) is 18.4. The third-order valence-corrected chi connectivity index (χ3v) is 5.44. The third kappa shape index (κ3) is 3.84. The van der Waals surface area contributed by atoms with Crippen LogP contribution in [0, 0.1) is 5.82 Å². The molecule has 3 heterocycles. The average Bonchev–Trinajstić information content (AvgIpc) is 3.17. The van der Waals surface area contributed by atoms with E-state index in [9.17, 15) is 4.39 Å². The highest BCUT2D eigenvalue weighted by molar-refractivity contribution is 6.36. The van der Waals surface area contributed by atoms with Crippen LogP contribution >= 0.6 is 23.2 Å². The van der Waals surface area contributed by atoms with Crippen molar-refractivity contribution >= 4 is 45.9 Å². The zero-order chi connectivity index (χ0) is 22.3. The first-order chi connectivity index (χ1) is 14.8. The Labute approximate surface area is 187 Å². The number of hydrogen-bond donors (Lipinski definition) is 1. The van der Waals surface area contributed by atoms with Crippen LogP contribution in [-0.4, -0.2) is 29.0 Å². The summed E-state index contributed by atoms with van der Waals surface area (Å²) < 4.78 is 25.7. The van der Waals surface area contributed by atoms with Crippen LogP contribution in [0.25, 0.3) is 22.1 Å². The molecule has 1 atom stereocenters. The van der Waals surface area contributed by atoms with Gasteiger partial charge in [-0.1, -0.05) is 23.2 Å². The van der Waals surface area contributed by atoms with Gasteiger partial charge >= 0.3 is 0 Å². The van der Waals surface area contributed by atoms with Gasteiger partial charge in [-0.3, -0.25) is 0 Å². The second-order valence-electron chi connectivity index (χ2n) is 7.05. The lowest BCUT2D eigenvalue weighted by Crippen LogP contribution is -2.12. The zero-order valence-electron chi connectivity index (χ0n) is 16.9. The minimum Gasteiger partial charge on any atom is -0.478 e. The summed E-state index contributed by atoms with van der Waals surface area (Å²) in [6.07, 6.45) is 5.81. The predicted octanol–water partition coefficient (Wildman–Crippen LogP) is 5.52. The first-order valence-electron chi connectivity index (χ1n) is 9.23. The minimum absolute atomic E-state index is 0.114. The van der Waals surface area contributed by atoms with Gasteiger partial charge in [0.25, 0.3) is 0 Å². The van der Waals surface area contributed by atoms with Gasteiger partial charge in [-0.05, 0) is 19.1 Å². The lowest BCUT2D eigenvalue weighted by atomic mass is 10.1. The van der Waals surface area contributed by atoms with Gasteiger partial charge in [-0.15, -0.1) is 0 Å². The van der Waals surface area contributed by atoms with Crippen molar-refractivity contribution in [3.8, 4) is 16.9 Å². The molecule has 0 aliphatic carbocycles. The van der Waals surface area contributed by atoms with Crippen molar-refractivity contribution < 1.29 is 13.5 Å². The van der Waals surface area contributed by atoms with Gasteiger partial charge in [-0.2, -0.15) is 0 Å². The van der Waals surface area contributed by atoms with Crippen LogP contribution in [0.5, 0.6) is 5.75 Å². The van der Waals surface area contributed by atoms with E-state index in [1.807, 2.05) is 14.1 Å². The second-order valence-corrected chi connectivity index (χ2v) is 7.83. The van der Waals surface area contributed by atoms with Crippen molar-refractivity contribution in [1.29, 1.82) is 0 Å². The molecular weight excluding hydrogens is 444 g/mol. The molecule has 0 amide bonds. The molecule has 31 heavy (non-hydrogen) atoms. The van der Waals surface area contributed by atoms with E-state index in [-0.39, 0.29) is 21.6 Å². The smallest absolute Gasteiger partial charge is 0.224 e. The molecule has 0 spiro atoms. The molecule has 0 bridgehead atoms. The molecule has 160 valence electrons. The molecule has 0 fully saturated rings. The number of aromatic nitrogens is 3. The molecule has 10 heteroatoms. The third-order valence-electron chi connectivity index (χ3n) is 4.73. The van der Waals surface area contributed by atoms with E-state index in [4.69, 9.17) is 38.1 Å². The average molecular weight is 462 g/mol. The van der Waals surface area contributed by atoms with Gasteiger partial charge < -0.3 is 19.8 Å². The lowest BCUT2D eigenvalue weighted by Gasteiger charge is -2.18. The summed E-state index contributed by atoms with van der Waals surface area (Å²) in [5, 5.41) is 0.821. The van der Waals surface area contributed by atoms with E-state index in [0.29, 0.717) is 22.5 Å². The minimum atomic E-state index is -0.721. The largest absolute Gasteiger partial charge is 0.478 e. The van der Waals surface area contributed by atoms with Crippen LogP contribution in [0.3, 0.4) is 0 Å². The first kappa shape index (κ1) is 21.1. The van der Waals surface area contributed by atoms with Crippen molar-refractivity contribution in [2.75, 3.05) is 24.7 Å². The molecule has 4 rings (SSSR count). The maximum absolute atomic E-state index is 13.9. The number of hydrogen-bond acceptors (Lipinski definition) is 7. The monoisotopic (exact) mass is 461 g/mol. The quantitative estimate of drug-likeness (QED) is 0.391. The first-order valence-corrected chi connectivity index (χ1v) is 9.99. The van der Waals surface area contributed by atoms with Crippen LogP contribution < -0.4 is 15.4 Å². The predicted molar refractivity (Wildman–Crippen MR) is 119 cm³/mol. The summed E-state index contributed by atoms with van der Waals surface area (Å²) in [5.41, 5.74) is 8.21. The Bertz CT molecular complexity index is 1260. The number of nitrogen functional groups attached to an aromatic ring is 1. The highest BCUT2D eigenvalue weighted by Gasteiger charge is 2.23. The molecule has 0 aliphatic heterocycles. The van der Waals surface area contributed by atoms with Gasteiger partial charge in [0.15, 0.2) is 11.4 Å². The maximum atomic E-state index is 13.9. The highest BCUT2D eigenvalue weighted by Crippen LogP contribution is 2.41. The molecule has 2 N–H and O–H groups in total. The van der Waals surface area contributed by atoms with Crippen LogP contribution in [0.2, 0.25) is 10.0 Å². The molecule has 4 aromatic rings. The number of rotatable bonds is 5. The maximum Gasteiger partial charge on any atom is 0.224 e. The fraction of sp³-hybridized carbons (Fsp3) is 0.190. The van der Waals surface area contributed by atoms with Crippen LogP contribution in [0.15, 0.2) is 41.4 Å². The fourth-order valence-corrected chi connectivity index (χ4v) is 3.84. The number of nitrogens with two attached hydrogens (primary N) is 1. The van der Waals surface area contributed by atoms with Crippen molar-refractivity contribution in [3.05, 3.63) is 58.4 Å². The van der Waals surface area contributed by atoms with E-state index in [1.165, 1.54) is 12.1 Å². The van der Waals surface area contributed by atoms with E-state index in [1.54, 1.807) is 36.7 Å². The number of furan rings is 1. The molecular formula is C21H18Cl2FN5O2. The molecule has 0 radical (unpaired) electrons. The van der Waals surface area contributed by atoms with Crippen LogP contribution in [0.1, 0.15) is 18.6 Å². The number of halogens is 3. The van der Waals surface area contributed by atoms with Gasteiger partial charge in [0, 0.05) is 54.4 Å². The Morgan fingerprint density at radius 1 is 1.13 bits per heavy atom. The van der Waals surface area contributed by atoms with Gasteiger partial charge in [0.1, 0.15) is 18.2 Å². The molecule has 1 aromatic carbocycles. The van der Waals surface area contributed by atoms with Crippen LogP contribution in [0.4, 0.5) is 16.2 Å². The van der Waals surface area contributed by atoms with Crippen molar-refractivity contribution in [2.45, 2.75) is 13.0 Å². The number of benzene rings is 1. The highest BCUT2D eigenvalue weighted by atomic mass is 35.5. The Morgan fingerprint density at radius 2 is 1.84 bits per heavy atom. The van der Waals surface area contributed by atoms with Gasteiger partial charge in [0.2, 0.25) is 11.7 Å². The van der Waals surface area contributed by atoms with Crippen molar-refractivity contribution in [2.24, 2.45) is 0 Å². The van der Waals surface area contributed by atoms with Crippen LogP contribution in [-0.2, 0) is 0 Å². The summed E-state index contributed by atoms with van der Waals surface area (Å²) in [6, 6.07) is 2.61. The number of nitrogens with zero attached hydrogens (tertiary/aromatic N) is 4. The number of ether oxygens (including phenoxy) is 1. The van der Waals surface area contributed by atoms with E-state index in [2.05, 4.69) is 15.0 Å². The molecule has 3 aromatic heterocycles. The molecule has 1 unspecified atom stereocenters. The molecule has 0 saturated carbocycles. The molecule has 7 nitrogen and oxygen atoms in total. The summed E-state index contributed by atoms with van der Waals surface area (Å²) in [4.78, 5) is 14.7. The summed E-state index contributed by atoms with van der Waals surface area (Å²) in [6.45, 7) is 1.68. The molecule has 0 aliphatic rings. The summed E-state index contributed by atoms with van der Waals surface area (Å²) in [5.74, 6) is 0.310. The normalized spacial score (nSPS) is 12.2. The Hall–Kier alpha value is -3.10. The van der Waals surface area contributed by atoms with Gasteiger partial charge in [0.05, 0.1) is 10.4 Å². The van der Waals surface area contributed by atoms with Gasteiger partial charge in [-0.25, -0.2) is 19.3 Å².